The van der Waals surface area contributed by atoms with Crippen molar-refractivity contribution in [2.24, 2.45) is 5.73 Å². The van der Waals surface area contributed by atoms with E-state index >= 15 is 0 Å². The molecule has 1 aliphatic rings. The minimum Gasteiger partial charge on any atom is -0.399 e. The molecule has 0 spiro atoms. The van der Waals surface area contributed by atoms with E-state index in [0.717, 1.165) is 5.39 Å². The van der Waals surface area contributed by atoms with Gasteiger partial charge >= 0.3 is 0 Å². The lowest BCUT2D eigenvalue weighted by molar-refractivity contribution is 0.0581. The predicted octanol–water partition coefficient (Wildman–Crippen LogP) is 1.76. The van der Waals surface area contributed by atoms with Gasteiger partial charge in [-0.15, -0.1) is 0 Å². The van der Waals surface area contributed by atoms with E-state index in [1.54, 1.807) is 38.1 Å². The molecule has 4 N–H and O–H groups in total. The Morgan fingerprint density at radius 2 is 1.76 bits per heavy atom. The highest BCUT2D eigenvalue weighted by Crippen LogP contribution is 2.32. The van der Waals surface area contributed by atoms with Gasteiger partial charge in [0, 0.05) is 28.7 Å². The zero-order valence-corrected chi connectivity index (χ0v) is 12.0. The zero-order chi connectivity index (χ0) is 15.4. The number of nitrogens with zero attached hydrogens (tertiary/aromatic N) is 1. The van der Waals surface area contributed by atoms with Crippen LogP contribution in [0.1, 0.15) is 34.6 Å². The fraction of sp³-hybridized carbons (Fsp3) is 0.250. The maximum atomic E-state index is 12.6. The van der Waals surface area contributed by atoms with Crippen LogP contribution >= 0.6 is 0 Å². The monoisotopic (exact) mass is 283 g/mol. The number of carbonyl (C=O) groups is 2. The Bertz CT molecular complexity index is 775. The smallest absolute Gasteiger partial charge is 0.261 e. The first-order chi connectivity index (χ1) is 9.78. The van der Waals surface area contributed by atoms with Gasteiger partial charge in [-0.25, -0.2) is 0 Å². The molecule has 0 fully saturated rings. The zero-order valence-electron chi connectivity index (χ0n) is 12.0. The van der Waals surface area contributed by atoms with Crippen molar-refractivity contribution >= 4 is 28.3 Å². The maximum absolute atomic E-state index is 12.6. The average Bonchev–Trinajstić information content (AvgIpc) is 2.39. The first kappa shape index (κ1) is 13.6. The van der Waals surface area contributed by atoms with E-state index in [4.69, 9.17) is 11.5 Å². The second kappa shape index (κ2) is 4.30. The molecule has 0 atom stereocenters. The molecule has 0 radical (unpaired) electrons. The van der Waals surface area contributed by atoms with Crippen LogP contribution in [0.4, 0.5) is 5.69 Å². The molecule has 5 heteroatoms. The number of hydrogen-bond acceptors (Lipinski definition) is 4. The van der Waals surface area contributed by atoms with Crippen molar-refractivity contribution < 1.29 is 9.59 Å². The summed E-state index contributed by atoms with van der Waals surface area (Å²) >= 11 is 0. The van der Waals surface area contributed by atoms with E-state index in [-0.39, 0.29) is 18.4 Å². The normalized spacial score (nSPS) is 14.9. The molecule has 0 saturated carbocycles. The Balaban J connectivity index is 2.25. The molecule has 108 valence electrons. The maximum Gasteiger partial charge on any atom is 0.261 e. The van der Waals surface area contributed by atoms with Crippen molar-refractivity contribution in [1.29, 1.82) is 0 Å². The van der Waals surface area contributed by atoms with E-state index in [2.05, 4.69) is 0 Å². The number of rotatable bonds is 2. The third-order valence-electron chi connectivity index (χ3n) is 3.52. The predicted molar refractivity (Wildman–Crippen MR) is 82.0 cm³/mol. The summed E-state index contributed by atoms with van der Waals surface area (Å²) in [4.78, 5) is 26.4. The third-order valence-corrected chi connectivity index (χ3v) is 3.52. The van der Waals surface area contributed by atoms with Crippen molar-refractivity contribution in [3.63, 3.8) is 0 Å². The Kier molecular flexibility index (Phi) is 2.78. The Morgan fingerprint density at radius 3 is 2.43 bits per heavy atom. The van der Waals surface area contributed by atoms with Crippen LogP contribution in [0.2, 0.25) is 0 Å². The molecule has 0 saturated heterocycles. The molecule has 1 aliphatic heterocycles. The quantitative estimate of drug-likeness (QED) is 0.649. The molecule has 0 unspecified atom stereocenters. The fourth-order valence-electron chi connectivity index (χ4n) is 2.73. The van der Waals surface area contributed by atoms with Crippen LogP contribution in [0.5, 0.6) is 0 Å². The van der Waals surface area contributed by atoms with Gasteiger partial charge in [-0.1, -0.05) is 12.1 Å². The number of imide groups is 1. The van der Waals surface area contributed by atoms with Crippen LogP contribution in [0.15, 0.2) is 30.3 Å². The van der Waals surface area contributed by atoms with Crippen LogP contribution < -0.4 is 11.5 Å². The number of benzene rings is 2. The van der Waals surface area contributed by atoms with E-state index in [1.165, 1.54) is 4.90 Å². The summed E-state index contributed by atoms with van der Waals surface area (Å²) in [6, 6.07) is 8.76. The molecule has 3 rings (SSSR count). The van der Waals surface area contributed by atoms with Gasteiger partial charge in [0.1, 0.15) is 0 Å². The van der Waals surface area contributed by atoms with Crippen molar-refractivity contribution in [2.45, 2.75) is 19.4 Å². The van der Waals surface area contributed by atoms with Crippen molar-refractivity contribution in [2.75, 3.05) is 12.3 Å². The molecule has 0 bridgehead atoms. The topological polar surface area (TPSA) is 89.4 Å². The number of anilines is 1. The molecular weight excluding hydrogens is 266 g/mol. The van der Waals surface area contributed by atoms with Gasteiger partial charge in [0.15, 0.2) is 0 Å². The molecule has 2 aromatic carbocycles. The summed E-state index contributed by atoms with van der Waals surface area (Å²) in [7, 11) is 0. The molecule has 0 aromatic heterocycles. The van der Waals surface area contributed by atoms with E-state index < -0.39 is 5.54 Å². The van der Waals surface area contributed by atoms with Crippen LogP contribution in [-0.2, 0) is 0 Å². The highest BCUT2D eigenvalue weighted by atomic mass is 16.2. The van der Waals surface area contributed by atoms with Crippen molar-refractivity contribution in [1.82, 2.24) is 4.90 Å². The largest absolute Gasteiger partial charge is 0.399 e. The SMILES string of the molecule is CC(C)(N)CN1C(=O)c2cccc3cc(N)cc(c23)C1=O. The summed E-state index contributed by atoms with van der Waals surface area (Å²) in [5.41, 5.74) is 12.7. The van der Waals surface area contributed by atoms with Gasteiger partial charge in [0.25, 0.3) is 11.8 Å². The number of hydrogen-bond donors (Lipinski definition) is 2. The lowest BCUT2D eigenvalue weighted by atomic mass is 9.92. The van der Waals surface area contributed by atoms with Gasteiger partial charge in [0.2, 0.25) is 0 Å². The van der Waals surface area contributed by atoms with E-state index in [9.17, 15) is 9.59 Å². The Labute approximate surface area is 122 Å². The molecular formula is C16H17N3O2. The molecule has 1 heterocycles. The standard InChI is InChI=1S/C16H17N3O2/c1-16(2,18)8-19-14(20)11-5-3-4-9-6-10(17)7-12(13(9)11)15(19)21/h3-7H,8,17-18H2,1-2H3. The van der Waals surface area contributed by atoms with Crippen LogP contribution in [0.25, 0.3) is 10.8 Å². The summed E-state index contributed by atoms with van der Waals surface area (Å²) in [6.07, 6.45) is 0. The Morgan fingerprint density at radius 1 is 1.10 bits per heavy atom. The summed E-state index contributed by atoms with van der Waals surface area (Å²) in [5, 5.41) is 1.48. The third kappa shape index (κ3) is 2.15. The van der Waals surface area contributed by atoms with Gasteiger partial charge in [0.05, 0.1) is 5.56 Å². The lowest BCUT2D eigenvalue weighted by Gasteiger charge is -2.32. The van der Waals surface area contributed by atoms with Crippen molar-refractivity contribution in [3.8, 4) is 0 Å². The second-order valence-electron chi connectivity index (χ2n) is 6.16. The van der Waals surface area contributed by atoms with Crippen molar-refractivity contribution in [3.05, 3.63) is 41.5 Å². The highest BCUT2D eigenvalue weighted by Gasteiger charge is 2.35. The first-order valence-corrected chi connectivity index (χ1v) is 6.75. The second-order valence-corrected chi connectivity index (χ2v) is 6.16. The average molecular weight is 283 g/mol. The summed E-state index contributed by atoms with van der Waals surface area (Å²) in [5.74, 6) is -0.643. The minimum absolute atomic E-state index is 0.162. The van der Waals surface area contributed by atoms with Crippen LogP contribution in [-0.4, -0.2) is 28.8 Å². The van der Waals surface area contributed by atoms with E-state index in [1.807, 2.05) is 6.07 Å². The highest BCUT2D eigenvalue weighted by molar-refractivity contribution is 6.25. The van der Waals surface area contributed by atoms with Gasteiger partial charge in [-0.05, 0) is 37.4 Å². The minimum atomic E-state index is -0.656. The molecule has 2 amide bonds. The summed E-state index contributed by atoms with van der Waals surface area (Å²) in [6.45, 7) is 3.72. The molecule has 5 nitrogen and oxygen atoms in total. The molecule has 0 aliphatic carbocycles. The Hall–Kier alpha value is -2.40. The molecule has 2 aromatic rings. The number of nitrogens with two attached hydrogens (primary N) is 2. The number of carbonyl (C=O) groups excluding carboxylic acids is 2. The van der Waals surface area contributed by atoms with Crippen LogP contribution in [0.3, 0.4) is 0 Å². The van der Waals surface area contributed by atoms with E-state index in [0.29, 0.717) is 22.2 Å². The number of amides is 2. The van der Waals surface area contributed by atoms with Gasteiger partial charge in [-0.3, -0.25) is 14.5 Å². The lowest BCUT2D eigenvalue weighted by Crippen LogP contribution is -2.51. The van der Waals surface area contributed by atoms with Crippen LogP contribution in [0, 0.1) is 0 Å². The fourth-order valence-corrected chi connectivity index (χ4v) is 2.73. The first-order valence-electron chi connectivity index (χ1n) is 6.75. The molecule has 21 heavy (non-hydrogen) atoms. The number of nitrogen functional groups attached to an aromatic ring is 1. The van der Waals surface area contributed by atoms with Gasteiger partial charge < -0.3 is 11.5 Å². The van der Waals surface area contributed by atoms with Gasteiger partial charge in [-0.2, -0.15) is 0 Å². The summed E-state index contributed by atoms with van der Waals surface area (Å²) < 4.78 is 0.